The number of benzene rings is 1. The third kappa shape index (κ3) is 1.54. The summed E-state index contributed by atoms with van der Waals surface area (Å²) >= 11 is 0. The Morgan fingerprint density at radius 3 is 2.76 bits per heavy atom. The molecular formula is C13H11N3O. The Morgan fingerprint density at radius 1 is 1.18 bits per heavy atom. The second kappa shape index (κ2) is 3.59. The first kappa shape index (κ1) is 9.84. The van der Waals surface area contributed by atoms with Gasteiger partial charge in [-0.25, -0.2) is 4.98 Å². The fourth-order valence-electron chi connectivity index (χ4n) is 1.90. The molecule has 3 aromatic rings. The van der Waals surface area contributed by atoms with Crippen LogP contribution in [0.15, 0.2) is 41.1 Å². The lowest BCUT2D eigenvalue weighted by Crippen LogP contribution is -1.95. The number of rotatable bonds is 1. The van der Waals surface area contributed by atoms with Crippen molar-refractivity contribution >= 4 is 16.7 Å². The van der Waals surface area contributed by atoms with E-state index in [1.54, 1.807) is 6.26 Å². The van der Waals surface area contributed by atoms with Gasteiger partial charge in [0.15, 0.2) is 0 Å². The molecule has 0 atom stereocenters. The van der Waals surface area contributed by atoms with Gasteiger partial charge in [0.2, 0.25) is 0 Å². The van der Waals surface area contributed by atoms with Crippen LogP contribution >= 0.6 is 0 Å². The van der Waals surface area contributed by atoms with E-state index in [4.69, 9.17) is 10.3 Å². The Labute approximate surface area is 98.1 Å². The first-order valence-electron chi connectivity index (χ1n) is 5.32. The van der Waals surface area contributed by atoms with Crippen molar-refractivity contribution in [2.75, 3.05) is 5.73 Å². The van der Waals surface area contributed by atoms with Crippen LogP contribution in [-0.2, 0) is 0 Å². The molecule has 0 saturated carbocycles. The van der Waals surface area contributed by atoms with Crippen molar-refractivity contribution < 1.29 is 4.52 Å². The van der Waals surface area contributed by atoms with Gasteiger partial charge in [-0.05, 0) is 19.1 Å². The van der Waals surface area contributed by atoms with E-state index in [9.17, 15) is 0 Å². The van der Waals surface area contributed by atoms with Gasteiger partial charge in [-0.2, -0.15) is 0 Å². The van der Waals surface area contributed by atoms with Crippen LogP contribution in [0.3, 0.4) is 0 Å². The maximum atomic E-state index is 5.97. The number of hydrogen-bond acceptors (Lipinski definition) is 4. The van der Waals surface area contributed by atoms with E-state index in [0.29, 0.717) is 5.82 Å². The minimum absolute atomic E-state index is 0.495. The Kier molecular flexibility index (Phi) is 2.08. The van der Waals surface area contributed by atoms with E-state index >= 15 is 0 Å². The fraction of sp³-hybridized carbons (Fsp3) is 0.0769. The zero-order chi connectivity index (χ0) is 11.8. The summed E-state index contributed by atoms with van der Waals surface area (Å²) in [6.07, 6.45) is 1.59. The quantitative estimate of drug-likeness (QED) is 0.691. The van der Waals surface area contributed by atoms with Crippen LogP contribution in [0.4, 0.5) is 5.82 Å². The lowest BCUT2D eigenvalue weighted by Gasteiger charge is -2.05. The molecule has 0 saturated heterocycles. The molecule has 0 fully saturated rings. The van der Waals surface area contributed by atoms with Crippen molar-refractivity contribution in [2.45, 2.75) is 6.92 Å². The van der Waals surface area contributed by atoms with Crippen molar-refractivity contribution in [1.29, 1.82) is 0 Å². The molecule has 0 spiro atoms. The van der Waals surface area contributed by atoms with E-state index in [1.165, 1.54) is 0 Å². The Bertz CT molecular complexity index is 688. The third-order valence-electron chi connectivity index (χ3n) is 2.79. The van der Waals surface area contributed by atoms with Gasteiger partial charge in [0, 0.05) is 16.5 Å². The van der Waals surface area contributed by atoms with E-state index in [2.05, 4.69) is 10.1 Å². The Hall–Kier alpha value is -2.36. The lowest BCUT2D eigenvalue weighted by molar-refractivity contribution is 0.415. The summed E-state index contributed by atoms with van der Waals surface area (Å²) in [5.74, 6) is 0.495. The highest BCUT2D eigenvalue weighted by Gasteiger charge is 2.11. The highest BCUT2D eigenvalue weighted by Crippen LogP contribution is 2.29. The molecule has 4 nitrogen and oxygen atoms in total. The summed E-state index contributed by atoms with van der Waals surface area (Å²) in [7, 11) is 0. The number of para-hydroxylation sites is 1. The van der Waals surface area contributed by atoms with Crippen LogP contribution in [0.5, 0.6) is 0 Å². The smallest absolute Gasteiger partial charge is 0.132 e. The number of nitrogen functional groups attached to an aromatic ring is 1. The number of pyridine rings is 1. The second-order valence-corrected chi connectivity index (χ2v) is 3.93. The molecule has 0 bridgehead atoms. The first-order valence-corrected chi connectivity index (χ1v) is 5.32. The molecule has 0 amide bonds. The topological polar surface area (TPSA) is 64.9 Å². The number of fused-ring (bicyclic) bond motifs is 1. The number of nitrogens with two attached hydrogens (primary N) is 1. The maximum Gasteiger partial charge on any atom is 0.132 e. The highest BCUT2D eigenvalue weighted by molar-refractivity contribution is 5.88. The lowest BCUT2D eigenvalue weighted by atomic mass is 10.1. The molecule has 0 unspecified atom stereocenters. The SMILES string of the molecule is Cc1nocc1-c1cc2ccccc2nc1N. The van der Waals surface area contributed by atoms with E-state index < -0.39 is 0 Å². The molecule has 2 aromatic heterocycles. The predicted octanol–water partition coefficient (Wildman–Crippen LogP) is 2.78. The molecular weight excluding hydrogens is 214 g/mol. The molecule has 4 heteroatoms. The van der Waals surface area contributed by atoms with Crippen molar-refractivity contribution in [3.8, 4) is 11.1 Å². The molecule has 2 N–H and O–H groups in total. The monoisotopic (exact) mass is 225 g/mol. The number of anilines is 1. The number of nitrogens with zero attached hydrogens (tertiary/aromatic N) is 2. The molecule has 0 aliphatic rings. The summed E-state index contributed by atoms with van der Waals surface area (Å²) < 4.78 is 4.93. The summed E-state index contributed by atoms with van der Waals surface area (Å²) in [5.41, 5.74) is 9.42. The zero-order valence-electron chi connectivity index (χ0n) is 9.34. The molecule has 2 heterocycles. The average Bonchev–Trinajstić information content (AvgIpc) is 2.74. The first-order chi connectivity index (χ1) is 8.25. The highest BCUT2D eigenvalue weighted by atomic mass is 16.5. The van der Waals surface area contributed by atoms with Gasteiger partial charge in [0.1, 0.15) is 12.1 Å². The van der Waals surface area contributed by atoms with Gasteiger partial charge in [-0.3, -0.25) is 0 Å². The van der Waals surface area contributed by atoms with Crippen molar-refractivity contribution in [1.82, 2.24) is 10.1 Å². The maximum absolute atomic E-state index is 5.97. The van der Waals surface area contributed by atoms with Gasteiger partial charge < -0.3 is 10.3 Å². The van der Waals surface area contributed by atoms with Crippen LogP contribution in [-0.4, -0.2) is 10.1 Å². The van der Waals surface area contributed by atoms with Gasteiger partial charge in [0.25, 0.3) is 0 Å². The molecule has 1 aromatic carbocycles. The minimum atomic E-state index is 0.495. The van der Waals surface area contributed by atoms with Crippen LogP contribution in [0.1, 0.15) is 5.69 Å². The molecule has 0 aliphatic heterocycles. The second-order valence-electron chi connectivity index (χ2n) is 3.93. The van der Waals surface area contributed by atoms with Crippen LogP contribution in [0, 0.1) is 6.92 Å². The summed E-state index contributed by atoms with van der Waals surface area (Å²) in [4.78, 5) is 4.38. The normalized spacial score (nSPS) is 10.9. The fourth-order valence-corrected chi connectivity index (χ4v) is 1.90. The number of hydrogen-bond donors (Lipinski definition) is 1. The standard InChI is InChI=1S/C13H11N3O/c1-8-11(7-17-16-8)10-6-9-4-2-3-5-12(9)15-13(10)14/h2-7H,1H3,(H2,14,15). The van der Waals surface area contributed by atoms with Crippen molar-refractivity contribution in [2.24, 2.45) is 0 Å². The molecule has 84 valence electrons. The van der Waals surface area contributed by atoms with Crippen molar-refractivity contribution in [3.63, 3.8) is 0 Å². The number of aromatic nitrogens is 2. The number of aryl methyl sites for hydroxylation is 1. The van der Waals surface area contributed by atoms with E-state index in [1.807, 2.05) is 37.3 Å². The molecule has 0 radical (unpaired) electrons. The Morgan fingerprint density at radius 2 is 2.00 bits per heavy atom. The van der Waals surface area contributed by atoms with Gasteiger partial charge in [0.05, 0.1) is 11.2 Å². The van der Waals surface area contributed by atoms with Gasteiger partial charge in [-0.1, -0.05) is 23.4 Å². The summed E-state index contributed by atoms with van der Waals surface area (Å²) in [5, 5.41) is 4.91. The molecule has 0 aliphatic carbocycles. The predicted molar refractivity (Wildman–Crippen MR) is 66.4 cm³/mol. The largest absolute Gasteiger partial charge is 0.383 e. The van der Waals surface area contributed by atoms with E-state index in [0.717, 1.165) is 27.7 Å². The Balaban J connectivity index is 2.30. The van der Waals surface area contributed by atoms with Crippen molar-refractivity contribution in [3.05, 3.63) is 42.3 Å². The average molecular weight is 225 g/mol. The van der Waals surface area contributed by atoms with Crippen LogP contribution < -0.4 is 5.73 Å². The van der Waals surface area contributed by atoms with Gasteiger partial charge >= 0.3 is 0 Å². The third-order valence-corrected chi connectivity index (χ3v) is 2.79. The summed E-state index contributed by atoms with van der Waals surface area (Å²) in [6.45, 7) is 1.88. The molecule has 3 rings (SSSR count). The van der Waals surface area contributed by atoms with Crippen LogP contribution in [0.2, 0.25) is 0 Å². The van der Waals surface area contributed by atoms with E-state index in [-0.39, 0.29) is 0 Å². The summed E-state index contributed by atoms with van der Waals surface area (Å²) in [6, 6.07) is 9.88. The van der Waals surface area contributed by atoms with Gasteiger partial charge in [-0.15, -0.1) is 0 Å². The minimum Gasteiger partial charge on any atom is -0.383 e. The zero-order valence-corrected chi connectivity index (χ0v) is 9.34. The van der Waals surface area contributed by atoms with Crippen LogP contribution in [0.25, 0.3) is 22.0 Å². The molecule has 17 heavy (non-hydrogen) atoms.